The largest absolute Gasteiger partial charge is 0.312 e. The molecule has 2 rings (SSSR count). The van der Waals surface area contributed by atoms with Crippen LogP contribution in [-0.2, 0) is 36.7 Å². The molecule has 0 aliphatic rings. The van der Waals surface area contributed by atoms with Crippen molar-refractivity contribution in [3.63, 3.8) is 0 Å². The molecule has 0 radical (unpaired) electrons. The van der Waals surface area contributed by atoms with Crippen molar-refractivity contribution in [2.24, 2.45) is 0 Å². The van der Waals surface area contributed by atoms with E-state index < -0.39 is 20.2 Å². The van der Waals surface area contributed by atoms with Crippen molar-refractivity contribution in [1.82, 2.24) is 0 Å². The normalized spacial score (nSPS) is 12.2. The number of unbranched alkanes of at least 4 members (excludes halogenated alkanes) is 10. The summed E-state index contributed by atoms with van der Waals surface area (Å²) in [4.78, 5) is -0.129. The summed E-state index contributed by atoms with van der Waals surface area (Å²) < 4.78 is 57.3. The van der Waals surface area contributed by atoms with Crippen LogP contribution in [0.15, 0.2) is 58.3 Å². The van der Waals surface area contributed by atoms with Crippen LogP contribution in [-0.4, -0.2) is 16.8 Å². The standard InChI is InChI=1S/C28H42O5S2/c1-3-5-7-9-11-13-19-25-21-15-17-23-27(25)34(29,30)33-35(31,32)28-24-18-16-22-26(28)20-14-12-10-8-6-4-2/h15-18,21-24H,3-14,19-20H2,1-2H3. The predicted molar refractivity (Wildman–Crippen MR) is 143 cm³/mol. The van der Waals surface area contributed by atoms with E-state index in [0.717, 1.165) is 38.5 Å². The lowest BCUT2D eigenvalue weighted by molar-refractivity contribution is 0.460. The Kier molecular flexibility index (Phi) is 13.0. The zero-order valence-electron chi connectivity index (χ0n) is 21.4. The van der Waals surface area contributed by atoms with Gasteiger partial charge in [-0.25, -0.2) is 0 Å². The zero-order valence-corrected chi connectivity index (χ0v) is 23.0. The number of hydrogen-bond donors (Lipinski definition) is 0. The quantitative estimate of drug-likeness (QED) is 0.189. The Bertz CT molecular complexity index is 1000. The summed E-state index contributed by atoms with van der Waals surface area (Å²) in [7, 11) is -8.98. The summed E-state index contributed by atoms with van der Waals surface area (Å²) in [5, 5.41) is 0. The first-order valence-corrected chi connectivity index (χ1v) is 16.0. The molecule has 0 aromatic heterocycles. The molecule has 5 nitrogen and oxygen atoms in total. The van der Waals surface area contributed by atoms with Gasteiger partial charge in [-0.2, -0.15) is 16.8 Å². The number of rotatable bonds is 18. The van der Waals surface area contributed by atoms with Gasteiger partial charge in [0.2, 0.25) is 0 Å². The number of hydrogen-bond acceptors (Lipinski definition) is 5. The van der Waals surface area contributed by atoms with Crippen molar-refractivity contribution in [3.05, 3.63) is 59.7 Å². The van der Waals surface area contributed by atoms with Crippen molar-refractivity contribution < 1.29 is 20.5 Å². The molecule has 0 fully saturated rings. The molecule has 0 unspecified atom stereocenters. The van der Waals surface area contributed by atoms with E-state index in [1.54, 1.807) is 36.4 Å². The second kappa shape index (κ2) is 15.4. The summed E-state index contributed by atoms with van der Waals surface area (Å²) in [6.45, 7) is 4.34. The second-order valence-corrected chi connectivity index (χ2v) is 12.5. The van der Waals surface area contributed by atoms with Crippen molar-refractivity contribution in [1.29, 1.82) is 0 Å². The van der Waals surface area contributed by atoms with Crippen molar-refractivity contribution >= 4 is 20.2 Å². The summed E-state index contributed by atoms with van der Waals surface area (Å²) in [5.41, 5.74) is 1.19. The van der Waals surface area contributed by atoms with E-state index in [-0.39, 0.29) is 9.79 Å². The lowest BCUT2D eigenvalue weighted by atomic mass is 10.1. The Morgan fingerprint density at radius 3 is 1.26 bits per heavy atom. The van der Waals surface area contributed by atoms with Gasteiger partial charge in [0.05, 0.1) is 9.79 Å². The maximum atomic E-state index is 13.1. The van der Waals surface area contributed by atoms with E-state index in [4.69, 9.17) is 3.63 Å². The molecular weight excluding hydrogens is 480 g/mol. The van der Waals surface area contributed by atoms with E-state index in [9.17, 15) is 16.8 Å². The third-order valence-electron chi connectivity index (χ3n) is 6.26. The molecule has 0 N–H and O–H groups in total. The molecule has 7 heteroatoms. The van der Waals surface area contributed by atoms with Gasteiger partial charge in [-0.15, -0.1) is 3.63 Å². The fourth-order valence-electron chi connectivity index (χ4n) is 4.29. The maximum absolute atomic E-state index is 13.1. The van der Waals surface area contributed by atoms with Gasteiger partial charge in [0.15, 0.2) is 0 Å². The Balaban J connectivity index is 2.10. The van der Waals surface area contributed by atoms with Crippen LogP contribution in [0.3, 0.4) is 0 Å². The highest BCUT2D eigenvalue weighted by molar-refractivity contribution is 8.00. The van der Waals surface area contributed by atoms with Gasteiger partial charge >= 0.3 is 20.2 Å². The molecule has 2 aromatic carbocycles. The summed E-state index contributed by atoms with van der Waals surface area (Å²) in [6.07, 6.45) is 14.2. The minimum absolute atomic E-state index is 0.0643. The molecule has 0 amide bonds. The minimum Gasteiger partial charge on any atom is -0.193 e. The smallest absolute Gasteiger partial charge is 0.193 e. The Hall–Kier alpha value is -1.70. The van der Waals surface area contributed by atoms with Gasteiger partial charge in [0.1, 0.15) is 0 Å². The predicted octanol–water partition coefficient (Wildman–Crippen LogP) is 7.59. The van der Waals surface area contributed by atoms with E-state index >= 15 is 0 Å². The third kappa shape index (κ3) is 10.1. The molecule has 0 atom stereocenters. The van der Waals surface area contributed by atoms with Gasteiger partial charge in [-0.1, -0.05) is 114 Å². The lowest BCUT2D eigenvalue weighted by Crippen LogP contribution is -2.17. The van der Waals surface area contributed by atoms with Crippen LogP contribution in [0.5, 0.6) is 0 Å². The van der Waals surface area contributed by atoms with E-state index in [0.29, 0.717) is 24.0 Å². The van der Waals surface area contributed by atoms with E-state index in [2.05, 4.69) is 13.8 Å². The SMILES string of the molecule is CCCCCCCCc1ccccc1S(=O)(=O)OS(=O)(=O)c1ccccc1CCCCCCCC. The van der Waals surface area contributed by atoms with Crippen LogP contribution in [0.1, 0.15) is 102 Å². The molecule has 0 bridgehead atoms. The molecule has 2 aromatic rings. The first kappa shape index (κ1) is 29.5. The second-order valence-electron chi connectivity index (χ2n) is 9.23. The van der Waals surface area contributed by atoms with Crippen molar-refractivity contribution in [3.8, 4) is 0 Å². The molecule has 0 aliphatic carbocycles. The molecule has 0 spiro atoms. The van der Waals surface area contributed by atoms with Gasteiger partial charge < -0.3 is 0 Å². The minimum atomic E-state index is -4.49. The zero-order chi connectivity index (χ0) is 25.6. The Morgan fingerprint density at radius 2 is 0.857 bits per heavy atom. The average Bonchev–Trinajstić information content (AvgIpc) is 2.83. The molecule has 196 valence electrons. The van der Waals surface area contributed by atoms with Crippen LogP contribution >= 0.6 is 0 Å². The highest BCUT2D eigenvalue weighted by atomic mass is 32.3. The number of benzene rings is 2. The van der Waals surface area contributed by atoms with Crippen molar-refractivity contribution in [2.45, 2.75) is 114 Å². The molecule has 35 heavy (non-hydrogen) atoms. The van der Waals surface area contributed by atoms with Gasteiger partial charge in [0.25, 0.3) is 0 Å². The van der Waals surface area contributed by atoms with Crippen LogP contribution < -0.4 is 0 Å². The molecule has 0 heterocycles. The summed E-state index contributed by atoms with van der Waals surface area (Å²) in [6, 6.07) is 13.1. The van der Waals surface area contributed by atoms with Gasteiger partial charge in [-0.05, 0) is 48.9 Å². The highest BCUT2D eigenvalue weighted by Crippen LogP contribution is 2.27. The molecule has 0 saturated carbocycles. The van der Waals surface area contributed by atoms with Crippen LogP contribution in [0, 0.1) is 0 Å². The molecule has 0 saturated heterocycles. The monoisotopic (exact) mass is 522 g/mol. The van der Waals surface area contributed by atoms with E-state index in [1.807, 2.05) is 0 Å². The van der Waals surface area contributed by atoms with Gasteiger partial charge in [0, 0.05) is 0 Å². The van der Waals surface area contributed by atoms with Crippen molar-refractivity contribution in [2.75, 3.05) is 0 Å². The van der Waals surface area contributed by atoms with Crippen LogP contribution in [0.2, 0.25) is 0 Å². The Labute approximate surface area is 213 Å². The molecular formula is C28H42O5S2. The fraction of sp³-hybridized carbons (Fsp3) is 0.571. The maximum Gasteiger partial charge on any atom is 0.312 e. The number of aryl methyl sites for hydroxylation is 2. The summed E-state index contributed by atoms with van der Waals surface area (Å²) in [5.74, 6) is 0. The van der Waals surface area contributed by atoms with E-state index in [1.165, 1.54) is 50.7 Å². The van der Waals surface area contributed by atoms with Crippen LogP contribution in [0.4, 0.5) is 0 Å². The highest BCUT2D eigenvalue weighted by Gasteiger charge is 2.30. The molecule has 0 aliphatic heterocycles. The first-order chi connectivity index (χ1) is 16.8. The Morgan fingerprint density at radius 1 is 0.514 bits per heavy atom. The third-order valence-corrected chi connectivity index (χ3v) is 9.57. The first-order valence-electron chi connectivity index (χ1n) is 13.2. The fourth-order valence-corrected chi connectivity index (χ4v) is 7.29. The topological polar surface area (TPSA) is 77.5 Å². The van der Waals surface area contributed by atoms with Gasteiger partial charge in [-0.3, -0.25) is 0 Å². The van der Waals surface area contributed by atoms with Crippen LogP contribution in [0.25, 0.3) is 0 Å². The lowest BCUT2D eigenvalue weighted by Gasteiger charge is -2.13. The average molecular weight is 523 g/mol. The summed E-state index contributed by atoms with van der Waals surface area (Å²) >= 11 is 0.